The number of sulfonamides is 1. The van der Waals surface area contributed by atoms with Crippen LogP contribution in [0, 0.1) is 5.92 Å². The van der Waals surface area contributed by atoms with E-state index in [1.165, 1.54) is 12.1 Å². The van der Waals surface area contributed by atoms with E-state index in [0.29, 0.717) is 12.3 Å². The van der Waals surface area contributed by atoms with E-state index in [2.05, 4.69) is 5.32 Å². The lowest BCUT2D eigenvalue weighted by Gasteiger charge is -2.27. The summed E-state index contributed by atoms with van der Waals surface area (Å²) in [6.07, 6.45) is 3.77. The summed E-state index contributed by atoms with van der Waals surface area (Å²) in [5.74, 6) is 0.754. The zero-order valence-electron chi connectivity index (χ0n) is 14.8. The third-order valence-electron chi connectivity index (χ3n) is 4.89. The van der Waals surface area contributed by atoms with Crippen molar-refractivity contribution in [1.82, 2.24) is 10.2 Å². The van der Waals surface area contributed by atoms with Gasteiger partial charge in [-0.1, -0.05) is 12.1 Å². The zero-order valence-corrected chi connectivity index (χ0v) is 16.4. The third kappa shape index (κ3) is 6.26. The number of carbonyl (C=O) groups is 1. The van der Waals surface area contributed by atoms with Crippen molar-refractivity contribution in [3.05, 3.63) is 29.8 Å². The first-order valence-corrected chi connectivity index (χ1v) is 9.93. The van der Waals surface area contributed by atoms with Crippen molar-refractivity contribution >= 4 is 28.3 Å². The normalized spacial score (nSPS) is 16.8. The van der Waals surface area contributed by atoms with E-state index in [1.54, 1.807) is 24.1 Å². The molecule has 0 saturated carbocycles. The van der Waals surface area contributed by atoms with Gasteiger partial charge in [0, 0.05) is 13.5 Å². The molecule has 1 atom stereocenters. The first-order chi connectivity index (χ1) is 11.3. The predicted molar refractivity (Wildman–Crippen MR) is 101 cm³/mol. The number of hydrogen-bond acceptors (Lipinski definition) is 4. The number of benzene rings is 1. The van der Waals surface area contributed by atoms with Crippen LogP contribution in [0.1, 0.15) is 44.2 Å². The van der Waals surface area contributed by atoms with Crippen LogP contribution in [-0.2, 0) is 14.8 Å². The first kappa shape index (κ1) is 21.9. The van der Waals surface area contributed by atoms with Gasteiger partial charge in [0.1, 0.15) is 0 Å². The molecular formula is C17H28ClN3O3S. The van der Waals surface area contributed by atoms with Crippen molar-refractivity contribution in [3.63, 3.8) is 0 Å². The van der Waals surface area contributed by atoms with Crippen molar-refractivity contribution in [1.29, 1.82) is 0 Å². The van der Waals surface area contributed by atoms with Gasteiger partial charge in [0.15, 0.2) is 0 Å². The Kier molecular flexibility index (Phi) is 8.34. The van der Waals surface area contributed by atoms with E-state index >= 15 is 0 Å². The Morgan fingerprint density at radius 2 is 1.84 bits per heavy atom. The predicted octanol–water partition coefficient (Wildman–Crippen LogP) is 2.06. The van der Waals surface area contributed by atoms with Gasteiger partial charge in [0.05, 0.1) is 10.9 Å². The molecule has 0 radical (unpaired) electrons. The number of amides is 1. The van der Waals surface area contributed by atoms with E-state index in [0.717, 1.165) is 37.9 Å². The highest BCUT2D eigenvalue weighted by molar-refractivity contribution is 7.89. The molecular weight excluding hydrogens is 362 g/mol. The molecule has 1 amide bonds. The number of halogens is 1. The molecule has 2 rings (SSSR count). The van der Waals surface area contributed by atoms with Gasteiger partial charge in [-0.15, -0.1) is 12.4 Å². The van der Waals surface area contributed by atoms with Gasteiger partial charge in [0.2, 0.25) is 15.9 Å². The molecule has 1 aliphatic rings. The fraction of sp³-hybridized carbons (Fsp3) is 0.588. The molecule has 1 saturated heterocycles. The Morgan fingerprint density at radius 1 is 1.28 bits per heavy atom. The molecule has 142 valence electrons. The maximum atomic E-state index is 12.4. The number of nitrogens with two attached hydrogens (primary N) is 1. The number of rotatable bonds is 6. The molecule has 8 heteroatoms. The van der Waals surface area contributed by atoms with E-state index < -0.39 is 10.0 Å². The summed E-state index contributed by atoms with van der Waals surface area (Å²) in [6, 6.07) is 6.27. The quantitative estimate of drug-likeness (QED) is 0.778. The first-order valence-electron chi connectivity index (χ1n) is 8.38. The van der Waals surface area contributed by atoms with Gasteiger partial charge in [-0.25, -0.2) is 13.6 Å². The molecule has 0 aromatic heterocycles. The number of nitrogens with one attached hydrogen (secondary N) is 1. The molecule has 1 heterocycles. The van der Waals surface area contributed by atoms with E-state index in [4.69, 9.17) is 5.14 Å². The molecule has 1 aromatic carbocycles. The highest BCUT2D eigenvalue weighted by Gasteiger charge is 2.20. The number of carbonyl (C=O) groups excluding carboxylic acids is 1. The lowest BCUT2D eigenvalue weighted by Crippen LogP contribution is -2.31. The lowest BCUT2D eigenvalue weighted by atomic mass is 9.93. The van der Waals surface area contributed by atoms with Crippen LogP contribution in [0.25, 0.3) is 0 Å². The monoisotopic (exact) mass is 389 g/mol. The summed E-state index contributed by atoms with van der Waals surface area (Å²) in [6.45, 7) is 4.03. The minimum atomic E-state index is -3.69. The molecule has 0 aliphatic carbocycles. The van der Waals surface area contributed by atoms with Gasteiger partial charge in [-0.05, 0) is 62.9 Å². The second-order valence-electron chi connectivity index (χ2n) is 6.53. The number of hydrogen-bond donors (Lipinski definition) is 2. The Hall–Kier alpha value is -1.15. The van der Waals surface area contributed by atoms with Gasteiger partial charge in [-0.2, -0.15) is 0 Å². The van der Waals surface area contributed by atoms with E-state index in [9.17, 15) is 13.2 Å². The average molecular weight is 390 g/mol. The number of primary sulfonamides is 1. The maximum absolute atomic E-state index is 12.4. The minimum absolute atomic E-state index is 0. The lowest BCUT2D eigenvalue weighted by molar-refractivity contribution is -0.132. The van der Waals surface area contributed by atoms with Gasteiger partial charge >= 0.3 is 0 Å². The van der Waals surface area contributed by atoms with Crippen molar-refractivity contribution < 1.29 is 13.2 Å². The van der Waals surface area contributed by atoms with Crippen molar-refractivity contribution in [3.8, 4) is 0 Å². The molecule has 3 N–H and O–H groups in total. The third-order valence-corrected chi connectivity index (χ3v) is 5.82. The van der Waals surface area contributed by atoms with Crippen molar-refractivity contribution in [2.75, 3.05) is 20.1 Å². The van der Waals surface area contributed by atoms with Crippen molar-refractivity contribution in [2.45, 2.75) is 43.5 Å². The smallest absolute Gasteiger partial charge is 0.238 e. The van der Waals surface area contributed by atoms with Crippen LogP contribution in [-0.4, -0.2) is 39.4 Å². The molecule has 6 nitrogen and oxygen atoms in total. The SMILES string of the molecule is CC(c1ccc(S(N)(=O)=O)cc1)N(C)C(=O)CCC1CCNCC1.Cl. The summed E-state index contributed by atoms with van der Waals surface area (Å²) in [5, 5.41) is 8.44. The standard InChI is InChI=1S/C17H27N3O3S.ClH/c1-13(15-4-6-16(7-5-15)24(18,22)23)20(2)17(21)8-3-14-9-11-19-12-10-14;/h4-7,13-14,19H,3,8-12H2,1-2H3,(H2,18,22,23);1H. The van der Waals surface area contributed by atoms with E-state index in [-0.39, 0.29) is 29.3 Å². The topological polar surface area (TPSA) is 92.5 Å². The van der Waals surface area contributed by atoms with Crippen LogP contribution in [0.3, 0.4) is 0 Å². The minimum Gasteiger partial charge on any atom is -0.339 e. The van der Waals surface area contributed by atoms with Gasteiger partial charge < -0.3 is 10.2 Å². The highest BCUT2D eigenvalue weighted by atomic mass is 35.5. The van der Waals surface area contributed by atoms with Crippen LogP contribution >= 0.6 is 12.4 Å². The number of piperidine rings is 1. The molecule has 25 heavy (non-hydrogen) atoms. The molecule has 1 aliphatic heterocycles. The van der Waals surface area contributed by atoms with Crippen LogP contribution in [0.4, 0.5) is 0 Å². The fourth-order valence-electron chi connectivity index (χ4n) is 3.05. The van der Waals surface area contributed by atoms with Gasteiger partial charge in [0.25, 0.3) is 0 Å². The average Bonchev–Trinajstić information content (AvgIpc) is 2.58. The van der Waals surface area contributed by atoms with Crippen LogP contribution in [0.15, 0.2) is 29.2 Å². The fourth-order valence-corrected chi connectivity index (χ4v) is 3.57. The molecule has 0 bridgehead atoms. The van der Waals surface area contributed by atoms with E-state index in [1.807, 2.05) is 6.92 Å². The van der Waals surface area contributed by atoms with Crippen LogP contribution < -0.4 is 10.5 Å². The molecule has 1 aromatic rings. The van der Waals surface area contributed by atoms with Crippen LogP contribution in [0.2, 0.25) is 0 Å². The molecule has 0 spiro atoms. The van der Waals surface area contributed by atoms with Crippen molar-refractivity contribution in [2.24, 2.45) is 11.1 Å². The Balaban J connectivity index is 0.00000312. The summed E-state index contributed by atoms with van der Waals surface area (Å²) >= 11 is 0. The summed E-state index contributed by atoms with van der Waals surface area (Å²) in [5.41, 5.74) is 0.889. The second-order valence-corrected chi connectivity index (χ2v) is 8.09. The largest absolute Gasteiger partial charge is 0.339 e. The maximum Gasteiger partial charge on any atom is 0.238 e. The summed E-state index contributed by atoms with van der Waals surface area (Å²) < 4.78 is 22.6. The summed E-state index contributed by atoms with van der Waals surface area (Å²) in [7, 11) is -1.89. The Morgan fingerprint density at radius 3 is 2.36 bits per heavy atom. The Labute approximate surface area is 156 Å². The highest BCUT2D eigenvalue weighted by Crippen LogP contribution is 2.23. The Bertz CT molecular complexity index is 658. The molecule has 1 unspecified atom stereocenters. The molecule has 1 fully saturated rings. The van der Waals surface area contributed by atoms with Crippen LogP contribution in [0.5, 0.6) is 0 Å². The number of nitrogens with zero attached hydrogens (tertiary/aromatic N) is 1. The zero-order chi connectivity index (χ0) is 17.7. The summed E-state index contributed by atoms with van der Waals surface area (Å²) in [4.78, 5) is 14.2. The second kappa shape index (κ2) is 9.52. The van der Waals surface area contributed by atoms with Gasteiger partial charge in [-0.3, -0.25) is 4.79 Å².